The van der Waals surface area contributed by atoms with Gasteiger partial charge in [-0.1, -0.05) is 81.4 Å². The first kappa shape index (κ1) is 44.5. The molecule has 9 nitrogen and oxygen atoms in total. The molecule has 1 unspecified atom stereocenters. The Bertz CT molecular complexity index is 2030. The summed E-state index contributed by atoms with van der Waals surface area (Å²) in [5, 5.41) is 11.3. The number of ether oxygens (including phenoxy) is 2. The fraction of sp³-hybridized carbons (Fsp3) is 0.304. The van der Waals surface area contributed by atoms with Crippen LogP contribution in [0.25, 0.3) is 17.0 Å². The normalized spacial score (nSPS) is 11.2. The van der Waals surface area contributed by atoms with Crippen molar-refractivity contribution in [3.8, 4) is 23.0 Å². The number of aromatic carboxylic acids is 1. The van der Waals surface area contributed by atoms with Crippen LogP contribution in [-0.2, 0) is 22.4 Å². The molecule has 0 saturated carbocycles. The number of hydrogen-bond acceptors (Lipinski definition) is 9. The highest BCUT2D eigenvalue weighted by Gasteiger charge is 2.18. The summed E-state index contributed by atoms with van der Waals surface area (Å²) in [5.41, 5.74) is 6.44. The Hall–Kier alpha value is -5.26. The van der Waals surface area contributed by atoms with Gasteiger partial charge in [-0.25, -0.2) is 9.78 Å². The number of aromatic nitrogens is 1. The molecule has 5 aromatic rings. The van der Waals surface area contributed by atoms with Crippen molar-refractivity contribution >= 4 is 46.6 Å². The summed E-state index contributed by atoms with van der Waals surface area (Å²) in [5.74, 6) is 2.75. The summed E-state index contributed by atoms with van der Waals surface area (Å²) in [6.07, 6.45) is 5.36. The van der Waals surface area contributed by atoms with Gasteiger partial charge in [0.1, 0.15) is 17.3 Å². The zero-order valence-electron chi connectivity index (χ0n) is 33.1. The van der Waals surface area contributed by atoms with Crippen molar-refractivity contribution < 1.29 is 33.4 Å². The highest BCUT2D eigenvalue weighted by Crippen LogP contribution is 2.28. The fourth-order valence-corrected chi connectivity index (χ4v) is 7.43. The average molecular weight is 809 g/mol. The lowest BCUT2D eigenvalue weighted by Crippen LogP contribution is -2.31. The molecule has 0 aliphatic heterocycles. The van der Waals surface area contributed by atoms with E-state index in [4.69, 9.17) is 24.0 Å². The third-order valence-electron chi connectivity index (χ3n) is 8.94. The van der Waals surface area contributed by atoms with Crippen LogP contribution >= 0.6 is 23.5 Å². The minimum Gasteiger partial charge on any atom is -0.494 e. The van der Waals surface area contributed by atoms with Gasteiger partial charge < -0.3 is 24.3 Å². The van der Waals surface area contributed by atoms with Crippen molar-refractivity contribution in [3.63, 3.8) is 0 Å². The Morgan fingerprint density at radius 3 is 2.18 bits per heavy atom. The number of rotatable bonds is 22. The lowest BCUT2D eigenvalue weighted by Gasteiger charge is -2.12. The van der Waals surface area contributed by atoms with Crippen molar-refractivity contribution in [1.29, 1.82) is 0 Å². The monoisotopic (exact) mass is 808 g/mol. The number of unbranched alkanes of at least 4 members (excludes halogenated alkanes) is 3. The number of benzene rings is 4. The minimum atomic E-state index is -0.936. The van der Waals surface area contributed by atoms with Crippen LogP contribution in [0.5, 0.6) is 11.5 Å². The average Bonchev–Trinajstić information content (AvgIpc) is 3.62. The summed E-state index contributed by atoms with van der Waals surface area (Å²) >= 11 is 2.81. The van der Waals surface area contributed by atoms with Crippen LogP contribution in [0.4, 0.5) is 0 Å². The van der Waals surface area contributed by atoms with Crippen molar-refractivity contribution in [1.82, 2.24) is 10.3 Å². The lowest BCUT2D eigenvalue weighted by molar-refractivity contribution is -0.120. The standard InChI is InChI=1S/C44H46N2O7S2.C2H6/c1-30(33-13-15-35(16-14-33)44(49)50)36-9-8-10-39(28-36)54-26-7-5-4-6-24-51-38-21-17-34(18-22-38)43-46-40(31(2)53-43)23-25-52-37-19-11-32(12-20-37)27-41(55-29-47)42(48)45-3;1-2/h8-22,28-29,41H,1,4-7,23-27H2,2-3H3,(H,45,48)(H,49,50);1-2H3. The number of nitrogens with one attached hydrogen (secondary N) is 1. The highest BCUT2D eigenvalue weighted by atomic mass is 32.2. The number of oxazole rings is 1. The molecule has 57 heavy (non-hydrogen) atoms. The van der Waals surface area contributed by atoms with Gasteiger partial charge in [0.05, 0.1) is 29.7 Å². The fourth-order valence-electron chi connectivity index (χ4n) is 5.80. The van der Waals surface area contributed by atoms with Crippen molar-refractivity contribution in [2.75, 3.05) is 26.0 Å². The maximum atomic E-state index is 12.0. The molecule has 0 bridgehead atoms. The van der Waals surface area contributed by atoms with E-state index < -0.39 is 11.2 Å². The summed E-state index contributed by atoms with van der Waals surface area (Å²) in [7, 11) is 1.56. The Morgan fingerprint density at radius 1 is 0.860 bits per heavy atom. The van der Waals surface area contributed by atoms with Crippen molar-refractivity contribution in [3.05, 3.63) is 137 Å². The van der Waals surface area contributed by atoms with Crippen LogP contribution in [0, 0.1) is 6.92 Å². The first-order chi connectivity index (χ1) is 27.7. The van der Waals surface area contributed by atoms with E-state index in [1.54, 1.807) is 31.3 Å². The second-order valence-electron chi connectivity index (χ2n) is 12.8. The van der Waals surface area contributed by atoms with E-state index in [1.807, 2.05) is 93.2 Å². The molecular weight excluding hydrogens is 757 g/mol. The predicted octanol–water partition coefficient (Wildman–Crippen LogP) is 10.4. The van der Waals surface area contributed by atoms with Crippen molar-refractivity contribution in [2.45, 2.75) is 69.4 Å². The van der Waals surface area contributed by atoms with E-state index in [9.17, 15) is 14.4 Å². The molecule has 0 radical (unpaired) electrons. The molecule has 0 aliphatic carbocycles. The predicted molar refractivity (Wildman–Crippen MR) is 232 cm³/mol. The number of aryl methyl sites for hydroxylation is 1. The molecule has 4 aromatic carbocycles. The van der Waals surface area contributed by atoms with Crippen LogP contribution in [-0.4, -0.2) is 58.8 Å². The molecule has 1 aromatic heterocycles. The van der Waals surface area contributed by atoms with Crippen LogP contribution in [0.3, 0.4) is 0 Å². The third-order valence-corrected chi connectivity index (χ3v) is 10.8. The quantitative estimate of drug-likeness (QED) is 0.0396. The second-order valence-corrected chi connectivity index (χ2v) is 15.0. The van der Waals surface area contributed by atoms with Gasteiger partial charge in [-0.3, -0.25) is 9.59 Å². The smallest absolute Gasteiger partial charge is 0.335 e. The molecule has 1 amide bonds. The Kier molecular flexibility index (Phi) is 18.5. The third kappa shape index (κ3) is 14.0. The molecule has 1 heterocycles. The first-order valence-electron chi connectivity index (χ1n) is 19.2. The Labute approximate surface area is 344 Å². The number of thioether (sulfide) groups is 2. The molecule has 0 spiro atoms. The van der Waals surface area contributed by atoms with Gasteiger partial charge in [0.25, 0.3) is 0 Å². The van der Waals surface area contributed by atoms with Gasteiger partial charge in [0.2, 0.25) is 11.8 Å². The summed E-state index contributed by atoms with van der Waals surface area (Å²) in [4.78, 5) is 40.0. The molecule has 300 valence electrons. The van der Waals surface area contributed by atoms with E-state index in [2.05, 4.69) is 24.0 Å². The largest absolute Gasteiger partial charge is 0.494 e. The SMILES string of the molecule is C=C(c1ccc(C(=O)O)cc1)c1cccc(SCCCCCCOc2ccc(-c3nc(CCOc4ccc(CC(SC=O)C(=O)NC)cc4)c(C)o3)cc2)c1.CC. The zero-order chi connectivity index (χ0) is 41.0. The maximum Gasteiger partial charge on any atom is 0.335 e. The summed E-state index contributed by atoms with van der Waals surface area (Å²) < 4.78 is 17.9. The van der Waals surface area contributed by atoms with Gasteiger partial charge in [-0.05, 0) is 115 Å². The van der Waals surface area contributed by atoms with Crippen molar-refractivity contribution in [2.24, 2.45) is 0 Å². The topological polar surface area (TPSA) is 128 Å². The van der Waals surface area contributed by atoms with E-state index in [1.165, 1.54) is 4.90 Å². The van der Waals surface area contributed by atoms with Gasteiger partial charge in [0.15, 0.2) is 5.62 Å². The number of nitrogens with zero attached hydrogens (tertiary/aromatic N) is 1. The summed E-state index contributed by atoms with van der Waals surface area (Å²) in [6.45, 7) is 11.2. The minimum absolute atomic E-state index is 0.177. The van der Waals surface area contributed by atoms with E-state index in [0.717, 1.165) is 88.2 Å². The second kappa shape index (κ2) is 23.7. The number of carbonyl (C=O) groups is 3. The molecule has 5 rings (SSSR count). The van der Waals surface area contributed by atoms with E-state index >= 15 is 0 Å². The Balaban J connectivity index is 0.00000354. The molecular formula is C46H52N2O7S2. The molecule has 0 aliphatic rings. The number of carboxylic acid groups (broad SMARTS) is 1. The summed E-state index contributed by atoms with van der Waals surface area (Å²) in [6, 6.07) is 30.5. The van der Waals surface area contributed by atoms with Gasteiger partial charge >= 0.3 is 5.97 Å². The van der Waals surface area contributed by atoms with Gasteiger partial charge in [-0.2, -0.15) is 0 Å². The van der Waals surface area contributed by atoms with Crippen LogP contribution in [0.15, 0.2) is 113 Å². The van der Waals surface area contributed by atoms with E-state index in [-0.39, 0.29) is 11.5 Å². The van der Waals surface area contributed by atoms with Gasteiger partial charge in [0, 0.05) is 23.9 Å². The first-order valence-corrected chi connectivity index (χ1v) is 21.1. The van der Waals surface area contributed by atoms with Gasteiger partial charge in [-0.15, -0.1) is 11.8 Å². The highest BCUT2D eigenvalue weighted by molar-refractivity contribution is 8.13. The molecule has 0 saturated heterocycles. The molecule has 11 heteroatoms. The van der Waals surface area contributed by atoms with Crippen LogP contribution in [0.2, 0.25) is 0 Å². The molecule has 0 fully saturated rings. The number of amides is 1. The number of hydrogen-bond donors (Lipinski definition) is 2. The maximum absolute atomic E-state index is 12.0. The number of carboxylic acids is 1. The molecule has 2 N–H and O–H groups in total. The van der Waals surface area contributed by atoms with Crippen LogP contribution in [0.1, 0.15) is 78.0 Å². The zero-order valence-corrected chi connectivity index (χ0v) is 34.8. The lowest BCUT2D eigenvalue weighted by atomic mass is 9.99. The van der Waals surface area contributed by atoms with E-state index in [0.29, 0.717) is 43.3 Å². The Morgan fingerprint density at radius 2 is 1.51 bits per heavy atom. The number of carbonyl (C=O) groups excluding carboxylic acids is 2. The van der Waals surface area contributed by atoms with Crippen LogP contribution < -0.4 is 14.8 Å². The molecule has 1 atom stereocenters.